The standard InChI is InChI=1S/C12H12N2O/c15-14-8-5-6-10-9-3-1-2-4-11(9)13-12(10)7-8/h1-4,13,15H,5-7H2. The van der Waals surface area contributed by atoms with Crippen LogP contribution in [0.4, 0.5) is 0 Å². The zero-order valence-electron chi connectivity index (χ0n) is 8.33. The summed E-state index contributed by atoms with van der Waals surface area (Å²) in [6, 6.07) is 8.33. The van der Waals surface area contributed by atoms with E-state index in [4.69, 9.17) is 5.21 Å². The third-order valence-corrected chi connectivity index (χ3v) is 3.09. The molecule has 1 aromatic heterocycles. The number of nitrogens with one attached hydrogen (secondary N) is 1. The van der Waals surface area contributed by atoms with Crippen LogP contribution >= 0.6 is 0 Å². The van der Waals surface area contributed by atoms with Gasteiger partial charge in [0.15, 0.2) is 0 Å². The largest absolute Gasteiger partial charge is 0.411 e. The summed E-state index contributed by atoms with van der Waals surface area (Å²) in [5.41, 5.74) is 4.64. The topological polar surface area (TPSA) is 48.4 Å². The molecule has 0 saturated carbocycles. The number of oxime groups is 1. The van der Waals surface area contributed by atoms with Crippen LogP contribution in [0.5, 0.6) is 0 Å². The molecule has 1 aliphatic rings. The second-order valence-electron chi connectivity index (χ2n) is 3.97. The molecule has 0 atom stereocenters. The molecule has 0 radical (unpaired) electrons. The molecule has 0 bridgehead atoms. The van der Waals surface area contributed by atoms with Crippen molar-refractivity contribution in [1.82, 2.24) is 4.98 Å². The molecule has 3 rings (SSSR count). The van der Waals surface area contributed by atoms with Crippen molar-refractivity contribution < 1.29 is 5.21 Å². The van der Waals surface area contributed by atoms with Gasteiger partial charge in [-0.1, -0.05) is 23.4 Å². The lowest BCUT2D eigenvalue weighted by atomic mass is 9.94. The van der Waals surface area contributed by atoms with Gasteiger partial charge in [-0.05, 0) is 24.5 Å². The van der Waals surface area contributed by atoms with E-state index in [0.29, 0.717) is 0 Å². The summed E-state index contributed by atoms with van der Waals surface area (Å²) in [5.74, 6) is 0. The number of H-pyrrole nitrogens is 1. The Morgan fingerprint density at radius 2 is 2.07 bits per heavy atom. The molecule has 1 aliphatic carbocycles. The molecule has 1 aromatic carbocycles. The van der Waals surface area contributed by atoms with Crippen LogP contribution in [0.2, 0.25) is 0 Å². The quantitative estimate of drug-likeness (QED) is 0.498. The van der Waals surface area contributed by atoms with Crippen LogP contribution in [0.3, 0.4) is 0 Å². The van der Waals surface area contributed by atoms with Crippen molar-refractivity contribution >= 4 is 16.6 Å². The van der Waals surface area contributed by atoms with Gasteiger partial charge >= 0.3 is 0 Å². The molecule has 0 saturated heterocycles. The van der Waals surface area contributed by atoms with Crippen LogP contribution in [0.15, 0.2) is 29.4 Å². The third kappa shape index (κ3) is 1.23. The van der Waals surface area contributed by atoms with Crippen molar-refractivity contribution in [2.45, 2.75) is 19.3 Å². The number of aromatic amines is 1. The van der Waals surface area contributed by atoms with E-state index in [1.165, 1.54) is 22.2 Å². The predicted molar refractivity (Wildman–Crippen MR) is 59.5 cm³/mol. The molecular formula is C12H12N2O. The van der Waals surface area contributed by atoms with E-state index in [-0.39, 0.29) is 0 Å². The summed E-state index contributed by atoms with van der Waals surface area (Å²) in [6.45, 7) is 0. The lowest BCUT2D eigenvalue weighted by Gasteiger charge is -2.12. The molecular weight excluding hydrogens is 188 g/mol. The van der Waals surface area contributed by atoms with Crippen LogP contribution < -0.4 is 0 Å². The highest BCUT2D eigenvalue weighted by molar-refractivity contribution is 5.93. The Bertz CT molecular complexity index is 540. The molecule has 76 valence electrons. The SMILES string of the molecule is ON=C1CCc2c([nH]c3ccccc23)C1. The van der Waals surface area contributed by atoms with Gasteiger partial charge in [-0.25, -0.2) is 0 Å². The monoisotopic (exact) mass is 200 g/mol. The molecule has 0 amide bonds. The van der Waals surface area contributed by atoms with Crippen LogP contribution in [0, 0.1) is 0 Å². The zero-order valence-corrected chi connectivity index (χ0v) is 8.33. The molecule has 0 unspecified atom stereocenters. The number of para-hydroxylation sites is 1. The maximum absolute atomic E-state index is 8.77. The first-order valence-corrected chi connectivity index (χ1v) is 5.17. The third-order valence-electron chi connectivity index (χ3n) is 3.09. The Labute approximate surface area is 87.4 Å². The molecule has 3 heteroatoms. The van der Waals surface area contributed by atoms with E-state index in [1.807, 2.05) is 6.07 Å². The number of nitrogens with zero attached hydrogens (tertiary/aromatic N) is 1. The first kappa shape index (κ1) is 8.53. The minimum atomic E-state index is 0.751. The minimum absolute atomic E-state index is 0.751. The number of aromatic nitrogens is 1. The number of rotatable bonds is 0. The van der Waals surface area contributed by atoms with Crippen LogP contribution in [0.1, 0.15) is 17.7 Å². The summed E-state index contributed by atoms with van der Waals surface area (Å²) in [5, 5.41) is 13.4. The lowest BCUT2D eigenvalue weighted by molar-refractivity contribution is 0.316. The van der Waals surface area contributed by atoms with Gasteiger partial charge in [0.2, 0.25) is 0 Å². The average molecular weight is 200 g/mol. The van der Waals surface area contributed by atoms with Crippen molar-refractivity contribution in [3.05, 3.63) is 35.5 Å². The Morgan fingerprint density at radius 1 is 1.20 bits per heavy atom. The molecule has 2 N–H and O–H groups in total. The second-order valence-corrected chi connectivity index (χ2v) is 3.97. The molecule has 0 spiro atoms. The number of aryl methyl sites for hydroxylation is 1. The fraction of sp³-hybridized carbons (Fsp3) is 0.250. The first-order chi connectivity index (χ1) is 7.38. The minimum Gasteiger partial charge on any atom is -0.411 e. The van der Waals surface area contributed by atoms with E-state index in [9.17, 15) is 0 Å². The van der Waals surface area contributed by atoms with Gasteiger partial charge in [0, 0.05) is 23.0 Å². The van der Waals surface area contributed by atoms with Gasteiger partial charge in [-0.2, -0.15) is 0 Å². The van der Waals surface area contributed by atoms with E-state index >= 15 is 0 Å². The highest BCUT2D eigenvalue weighted by Crippen LogP contribution is 2.27. The fourth-order valence-corrected chi connectivity index (χ4v) is 2.34. The summed E-state index contributed by atoms with van der Waals surface area (Å²) >= 11 is 0. The second kappa shape index (κ2) is 3.12. The van der Waals surface area contributed by atoms with Crippen LogP contribution in [-0.4, -0.2) is 15.9 Å². The average Bonchev–Trinajstić information content (AvgIpc) is 2.66. The smallest absolute Gasteiger partial charge is 0.0632 e. The number of benzene rings is 1. The van der Waals surface area contributed by atoms with Crippen molar-refractivity contribution in [2.75, 3.05) is 0 Å². The molecule has 0 fully saturated rings. The summed E-state index contributed by atoms with van der Waals surface area (Å²) in [6.07, 6.45) is 2.59. The Kier molecular flexibility index (Phi) is 1.78. The van der Waals surface area contributed by atoms with Crippen LogP contribution in [-0.2, 0) is 12.8 Å². The van der Waals surface area contributed by atoms with Gasteiger partial charge < -0.3 is 10.2 Å². The summed E-state index contributed by atoms with van der Waals surface area (Å²) in [7, 11) is 0. The normalized spacial score (nSPS) is 18.3. The van der Waals surface area contributed by atoms with E-state index in [1.54, 1.807) is 0 Å². The van der Waals surface area contributed by atoms with Gasteiger partial charge in [-0.3, -0.25) is 0 Å². The molecule has 0 aliphatic heterocycles. The number of fused-ring (bicyclic) bond motifs is 3. The van der Waals surface area contributed by atoms with E-state index < -0.39 is 0 Å². The highest BCUT2D eigenvalue weighted by atomic mass is 16.4. The van der Waals surface area contributed by atoms with Gasteiger partial charge in [0.25, 0.3) is 0 Å². The van der Waals surface area contributed by atoms with E-state index in [0.717, 1.165) is 25.0 Å². The molecule has 1 heterocycles. The Balaban J connectivity index is 2.20. The maximum atomic E-state index is 8.77. The Morgan fingerprint density at radius 3 is 2.93 bits per heavy atom. The van der Waals surface area contributed by atoms with E-state index in [2.05, 4.69) is 28.3 Å². The maximum Gasteiger partial charge on any atom is 0.0632 e. The molecule has 15 heavy (non-hydrogen) atoms. The number of hydrogen-bond donors (Lipinski definition) is 2. The van der Waals surface area contributed by atoms with Gasteiger partial charge in [0.1, 0.15) is 0 Å². The summed E-state index contributed by atoms with van der Waals surface area (Å²) in [4.78, 5) is 3.39. The van der Waals surface area contributed by atoms with Gasteiger partial charge in [-0.15, -0.1) is 0 Å². The zero-order chi connectivity index (χ0) is 10.3. The lowest BCUT2D eigenvalue weighted by Crippen LogP contribution is -2.12. The molecule has 2 aromatic rings. The van der Waals surface area contributed by atoms with Crippen LogP contribution in [0.25, 0.3) is 10.9 Å². The predicted octanol–water partition coefficient (Wildman–Crippen LogP) is 2.49. The molecule has 3 nitrogen and oxygen atoms in total. The number of hydrogen-bond acceptors (Lipinski definition) is 2. The fourth-order valence-electron chi connectivity index (χ4n) is 2.34. The van der Waals surface area contributed by atoms with Crippen molar-refractivity contribution in [3.63, 3.8) is 0 Å². The highest BCUT2D eigenvalue weighted by Gasteiger charge is 2.18. The first-order valence-electron chi connectivity index (χ1n) is 5.17. The summed E-state index contributed by atoms with van der Waals surface area (Å²) < 4.78 is 0. The van der Waals surface area contributed by atoms with Crippen molar-refractivity contribution in [2.24, 2.45) is 5.16 Å². The van der Waals surface area contributed by atoms with Gasteiger partial charge in [0.05, 0.1) is 5.71 Å². The van der Waals surface area contributed by atoms with Crippen molar-refractivity contribution in [1.29, 1.82) is 0 Å². The Hall–Kier alpha value is -1.77. The van der Waals surface area contributed by atoms with Crippen molar-refractivity contribution in [3.8, 4) is 0 Å².